The molecule has 0 spiro atoms. The quantitative estimate of drug-likeness (QED) is 0.831. The summed E-state index contributed by atoms with van der Waals surface area (Å²) in [6, 6.07) is 6.74. The minimum Gasteiger partial charge on any atom is -0.490 e. The zero-order valence-corrected chi connectivity index (χ0v) is 11.4. The van der Waals surface area contributed by atoms with Gasteiger partial charge in [-0.2, -0.15) is 0 Å². The van der Waals surface area contributed by atoms with E-state index in [-0.39, 0.29) is 0 Å². The Morgan fingerprint density at radius 3 is 2.39 bits per heavy atom. The van der Waals surface area contributed by atoms with Crippen molar-refractivity contribution in [1.82, 2.24) is 0 Å². The van der Waals surface area contributed by atoms with E-state index in [1.807, 2.05) is 26.0 Å². The van der Waals surface area contributed by atoms with Gasteiger partial charge >= 0.3 is 0 Å². The van der Waals surface area contributed by atoms with Crippen LogP contribution in [0.1, 0.15) is 39.5 Å². The highest BCUT2D eigenvalue weighted by atomic mass is 16.5. The fourth-order valence-corrected chi connectivity index (χ4v) is 2.45. The number of ether oxygens (including phenoxy) is 2. The smallest absolute Gasteiger partial charge is 0.163 e. The van der Waals surface area contributed by atoms with E-state index in [9.17, 15) is 0 Å². The van der Waals surface area contributed by atoms with Gasteiger partial charge in [-0.3, -0.25) is 0 Å². The Kier molecular flexibility index (Phi) is 4.73. The monoisotopic (exact) mass is 249 g/mol. The second kappa shape index (κ2) is 6.53. The molecule has 0 heterocycles. The molecule has 0 radical (unpaired) electrons. The maximum atomic E-state index is 5.63. The van der Waals surface area contributed by atoms with Gasteiger partial charge in [-0.1, -0.05) is 12.8 Å². The summed E-state index contributed by atoms with van der Waals surface area (Å²) in [5.41, 5.74) is 1.13. The topological polar surface area (TPSA) is 30.5 Å². The Morgan fingerprint density at radius 2 is 1.72 bits per heavy atom. The molecule has 3 nitrogen and oxygen atoms in total. The molecule has 18 heavy (non-hydrogen) atoms. The third-order valence-electron chi connectivity index (χ3n) is 3.27. The minimum atomic E-state index is 0.623. The molecule has 0 saturated heterocycles. The third kappa shape index (κ3) is 3.31. The van der Waals surface area contributed by atoms with Gasteiger partial charge in [0, 0.05) is 17.8 Å². The highest BCUT2D eigenvalue weighted by molar-refractivity contribution is 5.55. The first kappa shape index (κ1) is 13.1. The zero-order valence-electron chi connectivity index (χ0n) is 11.4. The summed E-state index contributed by atoms with van der Waals surface area (Å²) in [7, 11) is 0. The van der Waals surface area contributed by atoms with E-state index in [0.29, 0.717) is 19.3 Å². The Morgan fingerprint density at radius 1 is 1.06 bits per heavy atom. The predicted octanol–water partition coefficient (Wildman–Crippen LogP) is 3.84. The van der Waals surface area contributed by atoms with E-state index in [0.717, 1.165) is 17.2 Å². The molecule has 1 aliphatic rings. The van der Waals surface area contributed by atoms with Gasteiger partial charge in [0.1, 0.15) is 0 Å². The Bertz CT molecular complexity index is 373. The van der Waals surface area contributed by atoms with Crippen LogP contribution in [0.5, 0.6) is 11.5 Å². The molecule has 1 fully saturated rings. The van der Waals surface area contributed by atoms with Gasteiger partial charge in [0.15, 0.2) is 11.5 Å². The summed E-state index contributed by atoms with van der Waals surface area (Å²) in [6.07, 6.45) is 5.23. The molecule has 0 atom stereocenters. The highest BCUT2D eigenvalue weighted by Gasteiger charge is 2.15. The highest BCUT2D eigenvalue weighted by Crippen LogP contribution is 2.32. The van der Waals surface area contributed by atoms with Crippen LogP contribution in [0, 0.1) is 0 Å². The largest absolute Gasteiger partial charge is 0.490 e. The lowest BCUT2D eigenvalue weighted by Gasteiger charge is -2.16. The Balaban J connectivity index is 2.08. The van der Waals surface area contributed by atoms with Crippen LogP contribution in [-0.2, 0) is 0 Å². The van der Waals surface area contributed by atoms with Crippen LogP contribution in [0.2, 0.25) is 0 Å². The van der Waals surface area contributed by atoms with Crippen molar-refractivity contribution in [3.63, 3.8) is 0 Å². The average Bonchev–Trinajstić information content (AvgIpc) is 2.86. The molecule has 1 N–H and O–H groups in total. The van der Waals surface area contributed by atoms with Crippen molar-refractivity contribution >= 4 is 5.69 Å². The first-order valence-electron chi connectivity index (χ1n) is 6.99. The lowest BCUT2D eigenvalue weighted by atomic mass is 10.2. The van der Waals surface area contributed by atoms with Crippen LogP contribution in [0.25, 0.3) is 0 Å². The molecule has 1 aromatic carbocycles. The molecule has 0 aromatic heterocycles. The van der Waals surface area contributed by atoms with E-state index in [1.54, 1.807) is 0 Å². The van der Waals surface area contributed by atoms with E-state index < -0.39 is 0 Å². The third-order valence-corrected chi connectivity index (χ3v) is 3.27. The van der Waals surface area contributed by atoms with Crippen molar-refractivity contribution in [3.05, 3.63) is 18.2 Å². The van der Waals surface area contributed by atoms with Crippen molar-refractivity contribution in [2.24, 2.45) is 0 Å². The molecule has 0 unspecified atom stereocenters. The number of anilines is 1. The Hall–Kier alpha value is -1.38. The van der Waals surface area contributed by atoms with Gasteiger partial charge in [-0.25, -0.2) is 0 Å². The molecule has 0 bridgehead atoms. The van der Waals surface area contributed by atoms with Gasteiger partial charge in [0.25, 0.3) is 0 Å². The lowest BCUT2D eigenvalue weighted by Crippen LogP contribution is -2.14. The van der Waals surface area contributed by atoms with Crippen LogP contribution in [0.15, 0.2) is 18.2 Å². The van der Waals surface area contributed by atoms with E-state index in [1.165, 1.54) is 25.7 Å². The lowest BCUT2D eigenvalue weighted by molar-refractivity contribution is 0.288. The molecule has 0 aliphatic heterocycles. The van der Waals surface area contributed by atoms with Crippen molar-refractivity contribution in [3.8, 4) is 11.5 Å². The van der Waals surface area contributed by atoms with Gasteiger partial charge in [0.05, 0.1) is 13.2 Å². The van der Waals surface area contributed by atoms with Crippen LogP contribution in [0.4, 0.5) is 5.69 Å². The van der Waals surface area contributed by atoms with Crippen molar-refractivity contribution < 1.29 is 9.47 Å². The van der Waals surface area contributed by atoms with Gasteiger partial charge in [-0.15, -0.1) is 0 Å². The standard InChI is InChI=1S/C15H23NO2/c1-3-17-14-10-9-13(11-15(14)18-4-2)16-12-7-5-6-8-12/h9-12,16H,3-8H2,1-2H3. The molecule has 2 rings (SSSR count). The molecule has 1 aliphatic carbocycles. The van der Waals surface area contributed by atoms with Gasteiger partial charge in [0.2, 0.25) is 0 Å². The van der Waals surface area contributed by atoms with Gasteiger partial charge in [-0.05, 0) is 38.8 Å². The average molecular weight is 249 g/mol. The summed E-state index contributed by atoms with van der Waals surface area (Å²) in [5.74, 6) is 1.67. The zero-order chi connectivity index (χ0) is 12.8. The van der Waals surface area contributed by atoms with Crippen LogP contribution in [-0.4, -0.2) is 19.3 Å². The number of benzene rings is 1. The SMILES string of the molecule is CCOc1ccc(NC2CCCC2)cc1OCC. The van der Waals surface area contributed by atoms with Crippen LogP contribution < -0.4 is 14.8 Å². The second-order valence-electron chi connectivity index (χ2n) is 4.65. The molecule has 0 amide bonds. The number of nitrogens with one attached hydrogen (secondary N) is 1. The summed E-state index contributed by atoms with van der Waals surface area (Å²) >= 11 is 0. The predicted molar refractivity (Wildman–Crippen MR) is 74.7 cm³/mol. The van der Waals surface area contributed by atoms with Crippen LogP contribution in [0.3, 0.4) is 0 Å². The van der Waals surface area contributed by atoms with E-state index >= 15 is 0 Å². The first-order valence-corrected chi connectivity index (χ1v) is 6.99. The minimum absolute atomic E-state index is 0.623. The van der Waals surface area contributed by atoms with Crippen LogP contribution >= 0.6 is 0 Å². The number of rotatable bonds is 6. The Labute approximate surface area is 109 Å². The maximum Gasteiger partial charge on any atom is 0.163 e. The molecule has 100 valence electrons. The fraction of sp³-hybridized carbons (Fsp3) is 0.600. The molecule has 1 aromatic rings. The summed E-state index contributed by atoms with van der Waals surface area (Å²) in [4.78, 5) is 0. The van der Waals surface area contributed by atoms with E-state index in [2.05, 4.69) is 11.4 Å². The fourth-order valence-electron chi connectivity index (χ4n) is 2.45. The van der Waals surface area contributed by atoms with Gasteiger partial charge < -0.3 is 14.8 Å². The molecular formula is C15H23NO2. The number of hydrogen-bond donors (Lipinski definition) is 1. The van der Waals surface area contributed by atoms with Crippen molar-refractivity contribution in [1.29, 1.82) is 0 Å². The number of hydrogen-bond acceptors (Lipinski definition) is 3. The summed E-state index contributed by atoms with van der Waals surface area (Å²) in [5, 5.41) is 3.57. The second-order valence-corrected chi connectivity index (χ2v) is 4.65. The molecule has 3 heteroatoms. The maximum absolute atomic E-state index is 5.63. The molecular weight excluding hydrogens is 226 g/mol. The summed E-state index contributed by atoms with van der Waals surface area (Å²) < 4.78 is 11.2. The van der Waals surface area contributed by atoms with Crippen molar-refractivity contribution in [2.45, 2.75) is 45.6 Å². The normalized spacial score (nSPS) is 15.7. The first-order chi connectivity index (χ1) is 8.83. The van der Waals surface area contributed by atoms with Crippen molar-refractivity contribution in [2.75, 3.05) is 18.5 Å². The summed E-state index contributed by atoms with van der Waals surface area (Å²) in [6.45, 7) is 5.30. The van der Waals surface area contributed by atoms with E-state index in [4.69, 9.17) is 9.47 Å². The molecule has 1 saturated carbocycles.